The largest absolute Gasteiger partial charge is 0.573 e. The second-order valence-corrected chi connectivity index (χ2v) is 5.98. The zero-order chi connectivity index (χ0) is 17.3. The molecule has 1 aliphatic rings. The molecular weight excluding hydrogens is 438 g/mol. The van der Waals surface area contributed by atoms with E-state index in [0.717, 1.165) is 0 Å². The van der Waals surface area contributed by atoms with E-state index in [9.17, 15) is 13.2 Å². The molecular formula is C15H21F3IN3O2. The number of halogens is 4. The first-order chi connectivity index (χ1) is 10.6. The van der Waals surface area contributed by atoms with E-state index in [1.54, 1.807) is 13.2 Å². The molecule has 0 bridgehead atoms. The Morgan fingerprint density at radius 1 is 1.33 bits per heavy atom. The normalized spacial score (nSPS) is 23.0. The van der Waals surface area contributed by atoms with Gasteiger partial charge >= 0.3 is 6.36 Å². The van der Waals surface area contributed by atoms with Crippen LogP contribution in [0.15, 0.2) is 29.3 Å². The number of methoxy groups -OCH3 is 1. The van der Waals surface area contributed by atoms with Crippen molar-refractivity contribution in [3.05, 3.63) is 24.3 Å². The van der Waals surface area contributed by atoms with Gasteiger partial charge in [0.2, 0.25) is 0 Å². The number of ether oxygens (including phenoxy) is 2. The summed E-state index contributed by atoms with van der Waals surface area (Å²) >= 11 is 0. The standard InChI is InChI=1S/C15H20F3N3O2.HI/c1-14(2)11(8-12(14)22-3)21-13(19)20-9-6-4-5-7-10(9)23-15(16,17)18;/h4-7,11-12H,8H2,1-3H3,(H3,19,20,21);1H. The molecule has 9 heteroatoms. The highest BCUT2D eigenvalue weighted by molar-refractivity contribution is 14.0. The quantitative estimate of drug-likeness (QED) is 0.409. The number of benzene rings is 1. The number of hydrogen-bond donors (Lipinski definition) is 2. The van der Waals surface area contributed by atoms with Crippen LogP contribution < -0.4 is 15.8 Å². The number of nitrogens with zero attached hydrogens (tertiary/aromatic N) is 1. The monoisotopic (exact) mass is 459 g/mol. The van der Waals surface area contributed by atoms with Crippen LogP contribution in [0.1, 0.15) is 20.3 Å². The molecule has 1 aromatic rings. The highest BCUT2D eigenvalue weighted by atomic mass is 127. The molecule has 1 fully saturated rings. The van der Waals surface area contributed by atoms with Crippen LogP contribution in [0.2, 0.25) is 0 Å². The molecule has 24 heavy (non-hydrogen) atoms. The third kappa shape index (κ3) is 4.88. The van der Waals surface area contributed by atoms with Gasteiger partial charge in [-0.1, -0.05) is 26.0 Å². The summed E-state index contributed by atoms with van der Waals surface area (Å²) in [5.74, 6) is -0.323. The molecule has 0 amide bonds. The molecule has 136 valence electrons. The van der Waals surface area contributed by atoms with Gasteiger partial charge in [-0.3, -0.25) is 0 Å². The van der Waals surface area contributed by atoms with Crippen LogP contribution in [0.3, 0.4) is 0 Å². The third-order valence-corrected chi connectivity index (χ3v) is 4.08. The number of para-hydroxylation sites is 2. The summed E-state index contributed by atoms with van der Waals surface area (Å²) in [6.45, 7) is 4.01. The minimum absolute atomic E-state index is 0. The van der Waals surface area contributed by atoms with Gasteiger partial charge in [-0.25, -0.2) is 4.99 Å². The summed E-state index contributed by atoms with van der Waals surface area (Å²) in [6.07, 6.45) is -3.97. The average Bonchev–Trinajstić information content (AvgIpc) is 2.43. The van der Waals surface area contributed by atoms with Gasteiger partial charge in [-0.2, -0.15) is 0 Å². The Morgan fingerprint density at radius 3 is 2.50 bits per heavy atom. The minimum Gasteiger partial charge on any atom is -0.404 e. The second kappa shape index (κ2) is 7.77. The molecule has 2 atom stereocenters. The molecule has 0 spiro atoms. The number of hydrogen-bond acceptors (Lipinski definition) is 3. The van der Waals surface area contributed by atoms with E-state index in [0.29, 0.717) is 6.42 Å². The molecule has 0 heterocycles. The highest BCUT2D eigenvalue weighted by Crippen LogP contribution is 2.44. The van der Waals surface area contributed by atoms with Gasteiger partial charge in [-0.15, -0.1) is 37.1 Å². The first kappa shape index (κ1) is 20.8. The molecule has 1 aromatic carbocycles. The molecule has 0 radical (unpaired) electrons. The molecule has 1 aliphatic carbocycles. The fourth-order valence-corrected chi connectivity index (χ4v) is 2.61. The summed E-state index contributed by atoms with van der Waals surface area (Å²) < 4.78 is 46.5. The number of aliphatic imine (C=N–C) groups is 1. The fraction of sp³-hybridized carbons (Fsp3) is 0.533. The van der Waals surface area contributed by atoms with E-state index in [-0.39, 0.29) is 58.9 Å². The van der Waals surface area contributed by atoms with Gasteiger partial charge < -0.3 is 20.5 Å². The van der Waals surface area contributed by atoms with Crippen LogP contribution in [0.4, 0.5) is 18.9 Å². The lowest BCUT2D eigenvalue weighted by Gasteiger charge is -2.48. The highest BCUT2D eigenvalue weighted by Gasteiger charge is 2.48. The minimum atomic E-state index is -4.77. The zero-order valence-electron chi connectivity index (χ0n) is 13.6. The van der Waals surface area contributed by atoms with Crippen LogP contribution in [-0.4, -0.2) is 31.6 Å². The Balaban J connectivity index is 0.00000288. The summed E-state index contributed by atoms with van der Waals surface area (Å²) in [7, 11) is 1.64. The van der Waals surface area contributed by atoms with Gasteiger partial charge in [0.05, 0.1) is 17.8 Å². The van der Waals surface area contributed by atoms with Crippen molar-refractivity contribution < 1.29 is 22.6 Å². The lowest BCUT2D eigenvalue weighted by Crippen LogP contribution is -2.54. The van der Waals surface area contributed by atoms with Gasteiger partial charge in [0, 0.05) is 12.5 Å². The van der Waals surface area contributed by atoms with E-state index in [2.05, 4.69) is 15.0 Å². The number of nitrogens with two attached hydrogens (primary N) is 1. The van der Waals surface area contributed by atoms with Gasteiger partial charge in [-0.05, 0) is 18.6 Å². The Bertz CT molecular complexity index is 594. The van der Waals surface area contributed by atoms with E-state index >= 15 is 0 Å². The molecule has 1 saturated carbocycles. The van der Waals surface area contributed by atoms with Gasteiger partial charge in [0.25, 0.3) is 0 Å². The maximum atomic E-state index is 12.4. The summed E-state index contributed by atoms with van der Waals surface area (Å²) in [4.78, 5) is 4.33. The maximum Gasteiger partial charge on any atom is 0.573 e. The predicted octanol–water partition coefficient (Wildman–Crippen LogP) is 3.74. The van der Waals surface area contributed by atoms with E-state index < -0.39 is 6.36 Å². The number of nitrogens with one attached hydrogen (secondary N) is 1. The first-order valence-corrected chi connectivity index (χ1v) is 7.11. The Labute approximate surface area is 155 Å². The lowest BCUT2D eigenvalue weighted by atomic mass is 9.65. The smallest absolute Gasteiger partial charge is 0.404 e. The number of anilines is 1. The van der Waals surface area contributed by atoms with Crippen molar-refractivity contribution in [3.63, 3.8) is 0 Å². The van der Waals surface area contributed by atoms with Crippen molar-refractivity contribution >= 4 is 35.6 Å². The Kier molecular flexibility index (Phi) is 6.74. The Hall–Kier alpha value is -1.23. The summed E-state index contributed by atoms with van der Waals surface area (Å²) in [6, 6.07) is 5.60. The predicted molar refractivity (Wildman–Crippen MR) is 96.8 cm³/mol. The molecule has 0 saturated heterocycles. The second-order valence-electron chi connectivity index (χ2n) is 5.98. The van der Waals surface area contributed by atoms with Gasteiger partial charge in [0.1, 0.15) is 0 Å². The number of guanidine groups is 1. The van der Waals surface area contributed by atoms with Crippen LogP contribution in [0, 0.1) is 5.41 Å². The number of rotatable bonds is 4. The van der Waals surface area contributed by atoms with Crippen molar-refractivity contribution in [2.24, 2.45) is 16.1 Å². The molecule has 0 aromatic heterocycles. The topological polar surface area (TPSA) is 68.9 Å². The molecule has 2 unspecified atom stereocenters. The van der Waals surface area contributed by atoms with Crippen molar-refractivity contribution in [3.8, 4) is 5.75 Å². The summed E-state index contributed by atoms with van der Waals surface area (Å²) in [5.41, 5.74) is 5.74. The SMILES string of the molecule is COC1CC(N=C(N)Nc2ccccc2OC(F)(F)F)C1(C)C.I. The fourth-order valence-electron chi connectivity index (χ4n) is 2.61. The van der Waals surface area contributed by atoms with Crippen LogP contribution >= 0.6 is 24.0 Å². The number of alkyl halides is 3. The average molecular weight is 459 g/mol. The van der Waals surface area contributed by atoms with Gasteiger partial charge in [0.15, 0.2) is 11.7 Å². The van der Waals surface area contributed by atoms with Crippen LogP contribution in [0.25, 0.3) is 0 Å². The van der Waals surface area contributed by atoms with E-state index in [1.165, 1.54) is 18.2 Å². The third-order valence-electron chi connectivity index (χ3n) is 4.08. The zero-order valence-corrected chi connectivity index (χ0v) is 15.9. The van der Waals surface area contributed by atoms with Crippen LogP contribution in [0.5, 0.6) is 5.75 Å². The van der Waals surface area contributed by atoms with E-state index in [4.69, 9.17) is 10.5 Å². The van der Waals surface area contributed by atoms with Crippen molar-refractivity contribution in [2.75, 3.05) is 12.4 Å². The van der Waals surface area contributed by atoms with Crippen molar-refractivity contribution in [1.29, 1.82) is 0 Å². The molecule has 2 rings (SSSR count). The lowest BCUT2D eigenvalue weighted by molar-refractivity contribution is -0.274. The molecule has 5 nitrogen and oxygen atoms in total. The first-order valence-electron chi connectivity index (χ1n) is 7.11. The summed E-state index contributed by atoms with van der Waals surface area (Å²) in [5, 5.41) is 2.66. The van der Waals surface area contributed by atoms with Crippen molar-refractivity contribution in [2.45, 2.75) is 38.8 Å². The maximum absolute atomic E-state index is 12.4. The molecule has 3 N–H and O–H groups in total. The Morgan fingerprint density at radius 2 is 1.96 bits per heavy atom. The molecule has 0 aliphatic heterocycles. The van der Waals surface area contributed by atoms with Crippen molar-refractivity contribution in [1.82, 2.24) is 0 Å². The van der Waals surface area contributed by atoms with E-state index in [1.807, 2.05) is 13.8 Å². The van der Waals surface area contributed by atoms with Crippen LogP contribution in [-0.2, 0) is 4.74 Å².